The number of aliphatic carboxylic acids is 1. The molecule has 5 nitrogen and oxygen atoms in total. The molecule has 0 aliphatic carbocycles. The van der Waals surface area contributed by atoms with Crippen LogP contribution in [-0.2, 0) is 4.79 Å². The largest absolute Gasteiger partial charge is 0.481 e. The highest BCUT2D eigenvalue weighted by Gasteiger charge is 2.22. The molecule has 5 heteroatoms. The maximum Gasteiger partial charge on any atom is 0.303 e. The Bertz CT molecular complexity index is 631. The van der Waals surface area contributed by atoms with E-state index in [9.17, 15) is 4.79 Å². The lowest BCUT2D eigenvalue weighted by Gasteiger charge is -2.32. The Morgan fingerprint density at radius 3 is 2.81 bits per heavy atom. The van der Waals surface area contributed by atoms with Gasteiger partial charge in [-0.2, -0.15) is 5.10 Å². The Morgan fingerprint density at radius 1 is 1.29 bits per heavy atom. The molecule has 0 amide bonds. The average Bonchev–Trinajstić information content (AvgIpc) is 2.53. The summed E-state index contributed by atoms with van der Waals surface area (Å²) >= 11 is 0. The molecule has 110 valence electrons. The fraction of sp³-hybridized carbons (Fsp3) is 0.438. The molecule has 21 heavy (non-hydrogen) atoms. The van der Waals surface area contributed by atoms with E-state index >= 15 is 0 Å². The fourth-order valence-corrected chi connectivity index (χ4v) is 3.01. The monoisotopic (exact) mass is 285 g/mol. The zero-order valence-corrected chi connectivity index (χ0v) is 11.9. The van der Waals surface area contributed by atoms with Crippen molar-refractivity contribution in [2.45, 2.75) is 25.7 Å². The highest BCUT2D eigenvalue weighted by atomic mass is 16.4. The first kappa shape index (κ1) is 13.8. The SMILES string of the molecule is O=C(O)CCC1CCN(c2nncc3ccccc23)CC1. The van der Waals surface area contributed by atoms with Crippen molar-refractivity contribution in [2.24, 2.45) is 5.92 Å². The molecule has 1 aromatic heterocycles. The van der Waals surface area contributed by atoms with Gasteiger partial charge in [-0.05, 0) is 25.2 Å². The van der Waals surface area contributed by atoms with Crippen molar-refractivity contribution >= 4 is 22.6 Å². The molecule has 0 unspecified atom stereocenters. The Kier molecular flexibility index (Phi) is 3.99. The van der Waals surface area contributed by atoms with Crippen molar-refractivity contribution in [3.05, 3.63) is 30.5 Å². The smallest absolute Gasteiger partial charge is 0.303 e. The number of carboxylic acids is 1. The normalized spacial score (nSPS) is 16.3. The molecule has 1 fully saturated rings. The van der Waals surface area contributed by atoms with Gasteiger partial charge >= 0.3 is 5.97 Å². The van der Waals surface area contributed by atoms with Crippen molar-refractivity contribution in [3.8, 4) is 0 Å². The molecule has 1 N–H and O–H groups in total. The van der Waals surface area contributed by atoms with Gasteiger partial charge in [0.05, 0.1) is 6.20 Å². The van der Waals surface area contributed by atoms with Crippen LogP contribution in [0.25, 0.3) is 10.8 Å². The second-order valence-electron chi connectivity index (χ2n) is 5.62. The topological polar surface area (TPSA) is 66.3 Å². The molecule has 2 heterocycles. The minimum absolute atomic E-state index is 0.277. The first-order valence-corrected chi connectivity index (χ1v) is 7.41. The quantitative estimate of drug-likeness (QED) is 0.935. The molecule has 1 aromatic carbocycles. The van der Waals surface area contributed by atoms with Crippen molar-refractivity contribution in [3.63, 3.8) is 0 Å². The molecule has 3 rings (SSSR count). The second-order valence-corrected chi connectivity index (χ2v) is 5.62. The number of benzene rings is 1. The number of hydrogen-bond acceptors (Lipinski definition) is 4. The van der Waals surface area contributed by atoms with E-state index in [-0.39, 0.29) is 6.42 Å². The van der Waals surface area contributed by atoms with Crippen LogP contribution in [0.15, 0.2) is 30.5 Å². The summed E-state index contributed by atoms with van der Waals surface area (Å²) in [6.45, 7) is 1.85. The van der Waals surface area contributed by atoms with Gasteiger partial charge < -0.3 is 10.0 Å². The number of fused-ring (bicyclic) bond motifs is 1. The molecule has 0 bridgehead atoms. The standard InChI is InChI=1S/C16H19N3O2/c20-15(21)6-5-12-7-9-19(10-8-12)16-14-4-2-1-3-13(14)11-17-18-16/h1-4,11-12H,5-10H2,(H,20,21). The van der Waals surface area contributed by atoms with Crippen molar-refractivity contribution in [1.82, 2.24) is 10.2 Å². The van der Waals surface area contributed by atoms with Crippen LogP contribution in [0.5, 0.6) is 0 Å². The fourth-order valence-electron chi connectivity index (χ4n) is 3.01. The lowest BCUT2D eigenvalue weighted by Crippen LogP contribution is -2.34. The highest BCUT2D eigenvalue weighted by Crippen LogP contribution is 2.28. The van der Waals surface area contributed by atoms with Gasteiger partial charge in [-0.1, -0.05) is 24.3 Å². The number of rotatable bonds is 4. The van der Waals surface area contributed by atoms with E-state index < -0.39 is 5.97 Å². The second kappa shape index (κ2) is 6.08. The van der Waals surface area contributed by atoms with Gasteiger partial charge in [-0.15, -0.1) is 5.10 Å². The summed E-state index contributed by atoms with van der Waals surface area (Å²) in [4.78, 5) is 12.9. The van der Waals surface area contributed by atoms with Gasteiger partial charge in [0.15, 0.2) is 5.82 Å². The number of nitrogens with zero attached hydrogens (tertiary/aromatic N) is 3. The highest BCUT2D eigenvalue weighted by molar-refractivity contribution is 5.91. The van der Waals surface area contributed by atoms with Gasteiger partial charge in [-0.3, -0.25) is 4.79 Å². The Labute approximate surface area is 123 Å². The molecule has 1 saturated heterocycles. The van der Waals surface area contributed by atoms with E-state index in [2.05, 4.69) is 21.2 Å². The predicted molar refractivity (Wildman–Crippen MR) is 81.3 cm³/mol. The van der Waals surface area contributed by atoms with Crippen LogP contribution in [0.2, 0.25) is 0 Å². The number of piperidine rings is 1. The molecular weight excluding hydrogens is 266 g/mol. The van der Waals surface area contributed by atoms with E-state index in [1.54, 1.807) is 6.20 Å². The van der Waals surface area contributed by atoms with Crippen LogP contribution in [-0.4, -0.2) is 34.4 Å². The Hall–Kier alpha value is -2.17. The molecule has 1 aliphatic heterocycles. The minimum Gasteiger partial charge on any atom is -0.481 e. The molecule has 0 atom stereocenters. The number of carboxylic acid groups (broad SMARTS) is 1. The molecule has 0 saturated carbocycles. The Morgan fingerprint density at radius 2 is 2.05 bits per heavy atom. The van der Waals surface area contributed by atoms with Crippen LogP contribution in [0.3, 0.4) is 0 Å². The molecule has 1 aliphatic rings. The van der Waals surface area contributed by atoms with Crippen LogP contribution < -0.4 is 4.90 Å². The first-order chi connectivity index (χ1) is 10.2. The van der Waals surface area contributed by atoms with E-state index in [4.69, 9.17) is 5.11 Å². The van der Waals surface area contributed by atoms with Crippen molar-refractivity contribution in [1.29, 1.82) is 0 Å². The average molecular weight is 285 g/mol. The predicted octanol–water partition coefficient (Wildman–Crippen LogP) is 2.71. The summed E-state index contributed by atoms with van der Waals surface area (Å²) < 4.78 is 0. The third kappa shape index (κ3) is 3.12. The third-order valence-electron chi connectivity index (χ3n) is 4.23. The van der Waals surface area contributed by atoms with E-state index in [1.165, 1.54) is 0 Å². The van der Waals surface area contributed by atoms with Gasteiger partial charge in [0.1, 0.15) is 0 Å². The maximum atomic E-state index is 10.6. The van der Waals surface area contributed by atoms with Gasteiger partial charge in [-0.25, -0.2) is 0 Å². The first-order valence-electron chi connectivity index (χ1n) is 7.41. The number of anilines is 1. The summed E-state index contributed by atoms with van der Waals surface area (Å²) in [6, 6.07) is 8.15. The minimum atomic E-state index is -0.697. The van der Waals surface area contributed by atoms with Gasteiger partial charge in [0.25, 0.3) is 0 Å². The summed E-state index contributed by atoms with van der Waals surface area (Å²) in [5, 5.41) is 19.4. The number of aromatic nitrogens is 2. The molecule has 0 radical (unpaired) electrons. The van der Waals surface area contributed by atoms with Gasteiger partial charge in [0.2, 0.25) is 0 Å². The maximum absolute atomic E-state index is 10.6. The van der Waals surface area contributed by atoms with Gasteiger partial charge in [0, 0.05) is 30.3 Å². The van der Waals surface area contributed by atoms with Crippen molar-refractivity contribution in [2.75, 3.05) is 18.0 Å². The summed E-state index contributed by atoms with van der Waals surface area (Å²) in [7, 11) is 0. The van der Waals surface area contributed by atoms with Crippen LogP contribution >= 0.6 is 0 Å². The number of hydrogen-bond donors (Lipinski definition) is 1. The summed E-state index contributed by atoms with van der Waals surface area (Å²) in [6.07, 6.45) is 4.90. The zero-order valence-electron chi connectivity index (χ0n) is 11.9. The molecular formula is C16H19N3O2. The lowest BCUT2D eigenvalue weighted by molar-refractivity contribution is -0.137. The molecule has 2 aromatic rings. The molecule has 0 spiro atoms. The van der Waals surface area contributed by atoms with E-state index in [1.807, 2.05) is 18.2 Å². The van der Waals surface area contributed by atoms with Crippen molar-refractivity contribution < 1.29 is 9.90 Å². The third-order valence-corrected chi connectivity index (χ3v) is 4.23. The summed E-state index contributed by atoms with van der Waals surface area (Å²) in [5.74, 6) is 0.766. The Balaban J connectivity index is 1.70. The van der Waals surface area contributed by atoms with E-state index in [0.717, 1.165) is 48.9 Å². The van der Waals surface area contributed by atoms with Crippen LogP contribution in [0.4, 0.5) is 5.82 Å². The number of carbonyl (C=O) groups is 1. The lowest BCUT2D eigenvalue weighted by atomic mass is 9.92. The van der Waals surface area contributed by atoms with Crippen LogP contribution in [0, 0.1) is 5.92 Å². The summed E-state index contributed by atoms with van der Waals surface area (Å²) in [5.41, 5.74) is 0. The zero-order chi connectivity index (χ0) is 14.7. The van der Waals surface area contributed by atoms with Crippen LogP contribution in [0.1, 0.15) is 25.7 Å². The van der Waals surface area contributed by atoms with E-state index in [0.29, 0.717) is 5.92 Å².